The van der Waals surface area contributed by atoms with E-state index in [1.807, 2.05) is 0 Å². The first-order chi connectivity index (χ1) is 8.33. The molecule has 0 aliphatic rings. The maximum Gasteiger partial charge on any atom is 0.304 e. The molecule has 0 unspecified atom stereocenters. The molecule has 8 heteroatoms. The highest BCUT2D eigenvalue weighted by Crippen LogP contribution is 2.14. The molecule has 0 aliphatic carbocycles. The van der Waals surface area contributed by atoms with Crippen molar-refractivity contribution in [2.75, 3.05) is 18.3 Å². The highest BCUT2D eigenvalue weighted by atomic mass is 32.2. The molecule has 0 amide bonds. The van der Waals surface area contributed by atoms with Gasteiger partial charge in [0.25, 0.3) is 0 Å². The molecule has 1 aromatic heterocycles. The average molecular weight is 273 g/mol. The van der Waals surface area contributed by atoms with Crippen LogP contribution in [0.1, 0.15) is 12.0 Å². The molecule has 18 heavy (non-hydrogen) atoms. The zero-order valence-electron chi connectivity index (χ0n) is 10.1. The van der Waals surface area contributed by atoms with Crippen molar-refractivity contribution in [2.45, 2.75) is 13.3 Å². The fourth-order valence-corrected chi connectivity index (χ4v) is 2.17. The van der Waals surface area contributed by atoms with Crippen LogP contribution in [-0.4, -0.2) is 42.4 Å². The zero-order chi connectivity index (χ0) is 13.8. The molecule has 0 bridgehead atoms. The van der Waals surface area contributed by atoms with Crippen molar-refractivity contribution in [3.05, 3.63) is 24.0 Å². The van der Waals surface area contributed by atoms with Crippen molar-refractivity contribution in [1.29, 1.82) is 0 Å². The Hall–Kier alpha value is -1.67. The third-order valence-electron chi connectivity index (χ3n) is 2.31. The summed E-state index contributed by atoms with van der Waals surface area (Å²) in [5, 5.41) is 8.51. The highest BCUT2D eigenvalue weighted by molar-refractivity contribution is 7.90. The third kappa shape index (κ3) is 3.97. The Morgan fingerprint density at radius 2 is 2.22 bits per heavy atom. The van der Waals surface area contributed by atoms with Crippen LogP contribution in [0.4, 0.5) is 5.69 Å². The number of pyridine rings is 1. The van der Waals surface area contributed by atoms with Crippen LogP contribution in [0, 0.1) is 6.92 Å². The van der Waals surface area contributed by atoms with Gasteiger partial charge < -0.3 is 5.11 Å². The van der Waals surface area contributed by atoms with Crippen molar-refractivity contribution >= 4 is 21.9 Å². The summed E-state index contributed by atoms with van der Waals surface area (Å²) in [7, 11) is -2.42. The number of carbonyl (C=O) groups is 1. The van der Waals surface area contributed by atoms with E-state index in [4.69, 9.17) is 5.11 Å². The van der Waals surface area contributed by atoms with Gasteiger partial charge in [-0.25, -0.2) is 0 Å². The van der Waals surface area contributed by atoms with Crippen LogP contribution >= 0.6 is 0 Å². The van der Waals surface area contributed by atoms with Crippen LogP contribution in [0.25, 0.3) is 0 Å². The van der Waals surface area contributed by atoms with E-state index in [1.54, 1.807) is 6.92 Å². The molecule has 0 radical (unpaired) electrons. The second-order valence-electron chi connectivity index (χ2n) is 3.76. The first-order valence-electron chi connectivity index (χ1n) is 5.19. The molecule has 1 heterocycles. The van der Waals surface area contributed by atoms with Crippen molar-refractivity contribution in [2.24, 2.45) is 0 Å². The Morgan fingerprint density at radius 1 is 1.56 bits per heavy atom. The van der Waals surface area contributed by atoms with Gasteiger partial charge in [0.15, 0.2) is 0 Å². The summed E-state index contributed by atoms with van der Waals surface area (Å²) in [5.41, 5.74) is 1.11. The molecule has 0 spiro atoms. The second kappa shape index (κ2) is 5.78. The molecule has 1 aromatic rings. The topological polar surface area (TPSA) is 99.6 Å². The molecular weight excluding hydrogens is 258 g/mol. The number of aliphatic carboxylic acids is 1. The number of anilines is 1. The van der Waals surface area contributed by atoms with Crippen LogP contribution in [0.2, 0.25) is 0 Å². The number of carboxylic acid groups (broad SMARTS) is 1. The smallest absolute Gasteiger partial charge is 0.304 e. The molecule has 0 saturated heterocycles. The van der Waals surface area contributed by atoms with Gasteiger partial charge in [0, 0.05) is 26.0 Å². The lowest BCUT2D eigenvalue weighted by atomic mass is 10.3. The van der Waals surface area contributed by atoms with Gasteiger partial charge in [0.2, 0.25) is 0 Å². The van der Waals surface area contributed by atoms with Crippen molar-refractivity contribution in [1.82, 2.24) is 9.29 Å². The summed E-state index contributed by atoms with van der Waals surface area (Å²) < 4.78 is 27.1. The highest BCUT2D eigenvalue weighted by Gasteiger charge is 2.18. The molecule has 7 nitrogen and oxygen atoms in total. The van der Waals surface area contributed by atoms with E-state index in [-0.39, 0.29) is 13.0 Å². The Kier molecular flexibility index (Phi) is 4.62. The molecule has 0 aliphatic heterocycles. The predicted octanol–water partition coefficient (Wildman–Crippen LogP) is 0.453. The molecule has 100 valence electrons. The number of nitrogens with one attached hydrogen (secondary N) is 1. The van der Waals surface area contributed by atoms with Gasteiger partial charge in [-0.3, -0.25) is 14.5 Å². The van der Waals surface area contributed by atoms with Gasteiger partial charge in [0.1, 0.15) is 0 Å². The minimum atomic E-state index is -3.74. The van der Waals surface area contributed by atoms with Crippen LogP contribution in [-0.2, 0) is 15.0 Å². The number of hydrogen-bond donors (Lipinski definition) is 2. The largest absolute Gasteiger partial charge is 0.481 e. The Bertz CT molecular complexity index is 530. The van der Waals surface area contributed by atoms with Gasteiger partial charge in [-0.05, 0) is 18.6 Å². The van der Waals surface area contributed by atoms with E-state index in [0.717, 1.165) is 4.31 Å². The zero-order valence-corrected chi connectivity index (χ0v) is 10.9. The fourth-order valence-electron chi connectivity index (χ4n) is 1.18. The van der Waals surface area contributed by atoms with Crippen molar-refractivity contribution in [3.8, 4) is 0 Å². The first-order valence-corrected chi connectivity index (χ1v) is 6.63. The van der Waals surface area contributed by atoms with Gasteiger partial charge in [-0.2, -0.15) is 12.7 Å². The third-order valence-corrected chi connectivity index (χ3v) is 3.79. The SMILES string of the molecule is Cc1cnccc1NS(=O)(=O)N(C)CCC(=O)O. The lowest BCUT2D eigenvalue weighted by Crippen LogP contribution is -2.34. The van der Waals surface area contributed by atoms with E-state index in [1.165, 1.54) is 25.5 Å². The maximum atomic E-state index is 11.9. The molecule has 0 aromatic carbocycles. The second-order valence-corrected chi connectivity index (χ2v) is 5.54. The minimum Gasteiger partial charge on any atom is -0.481 e. The predicted molar refractivity (Wildman–Crippen MR) is 66.4 cm³/mol. The Labute approximate surface area is 106 Å². The monoisotopic (exact) mass is 273 g/mol. The molecule has 1 rings (SSSR count). The van der Waals surface area contributed by atoms with Crippen molar-refractivity contribution in [3.63, 3.8) is 0 Å². The Balaban J connectivity index is 2.76. The van der Waals surface area contributed by atoms with Crippen LogP contribution in [0.15, 0.2) is 18.5 Å². The average Bonchev–Trinajstić information content (AvgIpc) is 2.28. The summed E-state index contributed by atoms with van der Waals surface area (Å²) in [6, 6.07) is 1.54. The molecule has 0 fully saturated rings. The lowest BCUT2D eigenvalue weighted by Gasteiger charge is -2.18. The van der Waals surface area contributed by atoms with Gasteiger partial charge in [-0.1, -0.05) is 0 Å². The molecule has 0 saturated carbocycles. The number of aryl methyl sites for hydroxylation is 1. The summed E-state index contributed by atoms with van der Waals surface area (Å²) >= 11 is 0. The number of rotatable bonds is 6. The quantitative estimate of drug-likeness (QED) is 0.784. The molecule has 0 atom stereocenters. The molecular formula is C10H15N3O4S. The number of carboxylic acids is 1. The van der Waals surface area contributed by atoms with E-state index in [9.17, 15) is 13.2 Å². The summed E-state index contributed by atoms with van der Waals surface area (Å²) in [6.45, 7) is 1.64. The van der Waals surface area contributed by atoms with Gasteiger partial charge in [-0.15, -0.1) is 0 Å². The summed E-state index contributed by atoms with van der Waals surface area (Å²) in [5.74, 6) is -1.04. The summed E-state index contributed by atoms with van der Waals surface area (Å²) in [6.07, 6.45) is 2.77. The summed E-state index contributed by atoms with van der Waals surface area (Å²) in [4.78, 5) is 14.2. The normalized spacial score (nSPS) is 11.5. The van der Waals surface area contributed by atoms with E-state index in [0.29, 0.717) is 11.3 Å². The van der Waals surface area contributed by atoms with Crippen LogP contribution in [0.5, 0.6) is 0 Å². The number of nitrogens with zero attached hydrogens (tertiary/aromatic N) is 2. The molecule has 2 N–H and O–H groups in total. The maximum absolute atomic E-state index is 11.9. The van der Waals surface area contributed by atoms with E-state index >= 15 is 0 Å². The van der Waals surface area contributed by atoms with E-state index < -0.39 is 16.2 Å². The number of hydrogen-bond acceptors (Lipinski definition) is 4. The van der Waals surface area contributed by atoms with E-state index in [2.05, 4.69) is 9.71 Å². The van der Waals surface area contributed by atoms with Crippen LogP contribution in [0.3, 0.4) is 0 Å². The van der Waals surface area contributed by atoms with Crippen LogP contribution < -0.4 is 4.72 Å². The minimum absolute atomic E-state index is 0.0885. The Morgan fingerprint density at radius 3 is 2.78 bits per heavy atom. The van der Waals surface area contributed by atoms with Crippen molar-refractivity contribution < 1.29 is 18.3 Å². The van der Waals surface area contributed by atoms with Gasteiger partial charge >= 0.3 is 16.2 Å². The number of aromatic nitrogens is 1. The lowest BCUT2D eigenvalue weighted by molar-refractivity contribution is -0.137. The van der Waals surface area contributed by atoms with Gasteiger partial charge in [0.05, 0.1) is 12.1 Å². The standard InChI is InChI=1S/C10H15N3O4S/c1-8-7-11-5-3-9(8)12-18(16,17)13(2)6-4-10(14)15/h3,5,7H,4,6H2,1-2H3,(H,11,12)(H,14,15). The first kappa shape index (κ1) is 14.4. The fraction of sp³-hybridized carbons (Fsp3) is 0.400.